The van der Waals surface area contributed by atoms with E-state index in [-0.39, 0.29) is 17.9 Å². The van der Waals surface area contributed by atoms with Crippen LogP contribution < -0.4 is 5.73 Å². The predicted molar refractivity (Wildman–Crippen MR) is 45.4 cm³/mol. The van der Waals surface area contributed by atoms with Crippen LogP contribution in [0.4, 0.5) is 0 Å². The number of carbonyl (C=O) groups excluding carboxylic acids is 1. The molecule has 0 aromatic carbocycles. The molecule has 2 N–H and O–H groups in total. The van der Waals surface area contributed by atoms with Crippen molar-refractivity contribution in [2.45, 2.75) is 18.2 Å². The molecule has 1 saturated heterocycles. The van der Waals surface area contributed by atoms with Crippen LogP contribution >= 0.6 is 11.8 Å². The Balaban J connectivity index is 2.54. The van der Waals surface area contributed by atoms with E-state index in [1.54, 1.807) is 11.8 Å². The molecule has 1 aliphatic heterocycles. The first-order valence-corrected chi connectivity index (χ1v) is 4.66. The van der Waals surface area contributed by atoms with E-state index < -0.39 is 0 Å². The molecule has 3 atom stereocenters. The van der Waals surface area contributed by atoms with Crippen molar-refractivity contribution in [2.75, 3.05) is 12.9 Å². The quantitative estimate of drug-likeness (QED) is 0.580. The van der Waals surface area contributed by atoms with E-state index in [2.05, 4.69) is 4.74 Å². The number of methoxy groups -OCH3 is 1. The number of nitrogens with two attached hydrogens (primary N) is 1. The molecule has 3 unspecified atom stereocenters. The molecular formula is C7H13NO2S. The first kappa shape index (κ1) is 8.87. The second kappa shape index (κ2) is 3.45. The van der Waals surface area contributed by atoms with Crippen molar-refractivity contribution in [3.63, 3.8) is 0 Å². The Bertz CT molecular complexity index is 163. The average Bonchev–Trinajstić information content (AvgIpc) is 2.32. The highest BCUT2D eigenvalue weighted by molar-refractivity contribution is 8.00. The summed E-state index contributed by atoms with van der Waals surface area (Å²) in [5.41, 5.74) is 5.78. The van der Waals surface area contributed by atoms with Crippen LogP contribution in [0.5, 0.6) is 0 Å². The Morgan fingerprint density at radius 1 is 1.73 bits per heavy atom. The first-order valence-electron chi connectivity index (χ1n) is 3.62. The molecule has 1 aliphatic rings. The molecule has 0 radical (unpaired) electrons. The zero-order chi connectivity index (χ0) is 8.43. The topological polar surface area (TPSA) is 52.3 Å². The fraction of sp³-hybridized carbons (Fsp3) is 0.857. The number of rotatable bonds is 1. The van der Waals surface area contributed by atoms with E-state index in [4.69, 9.17) is 5.73 Å². The lowest BCUT2D eigenvalue weighted by molar-refractivity contribution is -0.145. The number of carbonyl (C=O) groups is 1. The molecule has 4 heteroatoms. The van der Waals surface area contributed by atoms with Crippen molar-refractivity contribution in [3.05, 3.63) is 0 Å². The van der Waals surface area contributed by atoms with E-state index >= 15 is 0 Å². The van der Waals surface area contributed by atoms with Crippen molar-refractivity contribution >= 4 is 17.7 Å². The van der Waals surface area contributed by atoms with Gasteiger partial charge in [0.2, 0.25) is 0 Å². The SMILES string of the molecule is COC(=O)C1CSC(C)C1N. The van der Waals surface area contributed by atoms with Crippen molar-refractivity contribution < 1.29 is 9.53 Å². The zero-order valence-corrected chi connectivity index (χ0v) is 7.56. The molecule has 0 bridgehead atoms. The lowest BCUT2D eigenvalue weighted by atomic mass is 10.0. The van der Waals surface area contributed by atoms with Gasteiger partial charge in [0, 0.05) is 17.0 Å². The third kappa shape index (κ3) is 1.68. The molecule has 0 aromatic heterocycles. The van der Waals surface area contributed by atoms with E-state index in [0.29, 0.717) is 5.25 Å². The van der Waals surface area contributed by atoms with Crippen LogP contribution in [0.3, 0.4) is 0 Å². The minimum Gasteiger partial charge on any atom is -0.469 e. The summed E-state index contributed by atoms with van der Waals surface area (Å²) in [5.74, 6) is 0.531. The van der Waals surface area contributed by atoms with Gasteiger partial charge in [-0.1, -0.05) is 6.92 Å². The molecule has 11 heavy (non-hydrogen) atoms. The van der Waals surface area contributed by atoms with Gasteiger partial charge >= 0.3 is 5.97 Å². The van der Waals surface area contributed by atoms with Gasteiger partial charge in [-0.3, -0.25) is 4.79 Å². The normalized spacial score (nSPS) is 37.2. The highest BCUT2D eigenvalue weighted by atomic mass is 32.2. The van der Waals surface area contributed by atoms with Crippen molar-refractivity contribution in [1.29, 1.82) is 0 Å². The maximum absolute atomic E-state index is 11.1. The summed E-state index contributed by atoms with van der Waals surface area (Å²) in [6.45, 7) is 2.04. The molecule has 0 saturated carbocycles. The molecule has 1 heterocycles. The fourth-order valence-electron chi connectivity index (χ4n) is 1.18. The summed E-state index contributed by atoms with van der Waals surface area (Å²) in [4.78, 5) is 11.1. The molecule has 0 aliphatic carbocycles. The van der Waals surface area contributed by atoms with Gasteiger partial charge in [0.1, 0.15) is 0 Å². The Hall–Kier alpha value is -0.220. The monoisotopic (exact) mass is 175 g/mol. The molecule has 64 valence electrons. The molecule has 1 fully saturated rings. The first-order chi connectivity index (χ1) is 5.16. The van der Waals surface area contributed by atoms with Gasteiger partial charge in [0.05, 0.1) is 13.0 Å². The summed E-state index contributed by atoms with van der Waals surface area (Å²) >= 11 is 1.73. The zero-order valence-electron chi connectivity index (χ0n) is 6.74. The van der Waals surface area contributed by atoms with E-state index in [9.17, 15) is 4.79 Å². The van der Waals surface area contributed by atoms with Gasteiger partial charge < -0.3 is 10.5 Å². The van der Waals surface area contributed by atoms with E-state index in [1.807, 2.05) is 6.92 Å². The Morgan fingerprint density at radius 3 is 2.73 bits per heavy atom. The maximum Gasteiger partial charge on any atom is 0.311 e. The summed E-state index contributed by atoms with van der Waals surface area (Å²) in [6, 6.07) is -0.0348. The highest BCUT2D eigenvalue weighted by Gasteiger charge is 2.36. The van der Waals surface area contributed by atoms with Gasteiger partial charge in [-0.15, -0.1) is 0 Å². The van der Waals surface area contributed by atoms with E-state index in [1.165, 1.54) is 7.11 Å². The van der Waals surface area contributed by atoms with Crippen molar-refractivity contribution in [2.24, 2.45) is 11.7 Å². The van der Waals surface area contributed by atoms with Gasteiger partial charge in [-0.2, -0.15) is 11.8 Å². The molecule has 0 amide bonds. The average molecular weight is 175 g/mol. The number of esters is 1. The van der Waals surface area contributed by atoms with Gasteiger partial charge in [0.15, 0.2) is 0 Å². The van der Waals surface area contributed by atoms with Crippen LogP contribution in [0, 0.1) is 5.92 Å². The summed E-state index contributed by atoms with van der Waals surface area (Å²) < 4.78 is 4.62. The van der Waals surface area contributed by atoms with Gasteiger partial charge in [-0.05, 0) is 0 Å². The minimum absolute atomic E-state index is 0.0348. The standard InChI is InChI=1S/C7H13NO2S/c1-4-6(8)5(3-11-4)7(9)10-2/h4-6H,3,8H2,1-2H3. The highest BCUT2D eigenvalue weighted by Crippen LogP contribution is 2.30. The Kier molecular flexibility index (Phi) is 2.78. The fourth-order valence-corrected chi connectivity index (χ4v) is 2.46. The molecule has 3 nitrogen and oxygen atoms in total. The minimum atomic E-state index is -0.172. The Morgan fingerprint density at radius 2 is 2.36 bits per heavy atom. The van der Waals surface area contributed by atoms with E-state index in [0.717, 1.165) is 5.75 Å². The van der Waals surface area contributed by atoms with Crippen molar-refractivity contribution in [1.82, 2.24) is 0 Å². The second-order valence-corrected chi connectivity index (χ2v) is 4.16. The van der Waals surface area contributed by atoms with Crippen LogP contribution in [-0.4, -0.2) is 30.1 Å². The second-order valence-electron chi connectivity index (χ2n) is 2.75. The molecule has 1 rings (SSSR count). The van der Waals surface area contributed by atoms with Gasteiger partial charge in [-0.25, -0.2) is 0 Å². The number of hydrogen-bond donors (Lipinski definition) is 1. The van der Waals surface area contributed by atoms with Crippen LogP contribution in [0.25, 0.3) is 0 Å². The van der Waals surface area contributed by atoms with Crippen LogP contribution in [0.1, 0.15) is 6.92 Å². The Labute approximate surface area is 70.7 Å². The lowest BCUT2D eigenvalue weighted by Gasteiger charge is -2.13. The number of ether oxygens (including phenoxy) is 1. The third-order valence-electron chi connectivity index (χ3n) is 2.05. The predicted octanol–water partition coefficient (Wildman–Crippen LogP) is 0.238. The van der Waals surface area contributed by atoms with Crippen LogP contribution in [0.15, 0.2) is 0 Å². The number of hydrogen-bond acceptors (Lipinski definition) is 4. The van der Waals surface area contributed by atoms with Crippen molar-refractivity contribution in [3.8, 4) is 0 Å². The maximum atomic E-state index is 11.1. The largest absolute Gasteiger partial charge is 0.469 e. The molecule has 0 spiro atoms. The summed E-state index contributed by atoms with van der Waals surface area (Å²) in [7, 11) is 1.41. The number of thioether (sulfide) groups is 1. The summed E-state index contributed by atoms with van der Waals surface area (Å²) in [5, 5.41) is 0.374. The smallest absolute Gasteiger partial charge is 0.311 e. The molecule has 0 aromatic rings. The third-order valence-corrected chi connectivity index (χ3v) is 3.44. The van der Waals surface area contributed by atoms with Crippen LogP contribution in [0.2, 0.25) is 0 Å². The van der Waals surface area contributed by atoms with Crippen LogP contribution in [-0.2, 0) is 9.53 Å². The molecular weight excluding hydrogens is 162 g/mol. The lowest BCUT2D eigenvalue weighted by Crippen LogP contribution is -2.38. The summed E-state index contributed by atoms with van der Waals surface area (Å²) in [6.07, 6.45) is 0. The van der Waals surface area contributed by atoms with Gasteiger partial charge in [0.25, 0.3) is 0 Å².